The van der Waals surface area contributed by atoms with Crippen LogP contribution in [-0.4, -0.2) is 17.3 Å². The Kier molecular flexibility index (Phi) is 2.14. The zero-order valence-corrected chi connectivity index (χ0v) is 8.38. The number of hydrogen-bond acceptors (Lipinski definition) is 3. The van der Waals surface area contributed by atoms with E-state index in [4.69, 9.17) is 0 Å². The van der Waals surface area contributed by atoms with Crippen molar-refractivity contribution in [2.45, 2.75) is 27.7 Å². The van der Waals surface area contributed by atoms with Crippen LogP contribution in [0.1, 0.15) is 27.7 Å². The molecule has 0 bridgehead atoms. The predicted molar refractivity (Wildman–Crippen MR) is 47.1 cm³/mol. The second-order valence-corrected chi connectivity index (χ2v) is 4.20. The minimum Gasteiger partial charge on any atom is -0.298 e. The van der Waals surface area contributed by atoms with E-state index in [1.54, 1.807) is 27.7 Å². The Bertz CT molecular complexity index is 263. The summed E-state index contributed by atoms with van der Waals surface area (Å²) in [6.45, 7) is 6.35. The third-order valence-electron chi connectivity index (χ3n) is 2.87. The Morgan fingerprint density at radius 2 is 1.23 bits per heavy atom. The molecule has 1 saturated carbocycles. The highest BCUT2D eigenvalue weighted by Crippen LogP contribution is 2.33. The molecule has 13 heavy (non-hydrogen) atoms. The van der Waals surface area contributed by atoms with Gasteiger partial charge in [0.25, 0.3) is 0 Å². The average molecular weight is 182 g/mol. The smallest absolute Gasteiger partial charge is 0.156 e. The van der Waals surface area contributed by atoms with Crippen LogP contribution in [0.25, 0.3) is 0 Å². The molecule has 0 aromatic rings. The van der Waals surface area contributed by atoms with Gasteiger partial charge in [0.05, 0.1) is 17.3 Å². The van der Waals surface area contributed by atoms with Gasteiger partial charge in [-0.15, -0.1) is 0 Å². The van der Waals surface area contributed by atoms with Gasteiger partial charge in [-0.25, -0.2) is 0 Å². The van der Waals surface area contributed by atoms with Crippen LogP contribution in [0.5, 0.6) is 0 Å². The fourth-order valence-corrected chi connectivity index (χ4v) is 1.84. The van der Waals surface area contributed by atoms with Gasteiger partial charge in [0, 0.05) is 0 Å². The number of Topliss-reactive ketones (excluding diaryl/α,β-unsaturated/α-hetero) is 3. The van der Waals surface area contributed by atoms with Crippen LogP contribution in [0, 0.1) is 17.3 Å². The molecule has 2 atom stereocenters. The monoisotopic (exact) mass is 182 g/mol. The summed E-state index contributed by atoms with van der Waals surface area (Å²) in [7, 11) is 0. The number of rotatable bonds is 0. The van der Waals surface area contributed by atoms with Gasteiger partial charge in [-0.3, -0.25) is 14.4 Å². The zero-order chi connectivity index (χ0) is 10.4. The Morgan fingerprint density at radius 1 is 0.923 bits per heavy atom. The minimum absolute atomic E-state index is 0.241. The Morgan fingerprint density at radius 3 is 1.54 bits per heavy atom. The number of carbonyl (C=O) groups excluding carboxylic acids is 3. The van der Waals surface area contributed by atoms with Gasteiger partial charge in [0.1, 0.15) is 0 Å². The molecule has 0 radical (unpaired) electrons. The first-order valence-corrected chi connectivity index (χ1v) is 4.42. The molecule has 0 aromatic carbocycles. The summed E-state index contributed by atoms with van der Waals surface area (Å²) in [4.78, 5) is 34.5. The van der Waals surface area contributed by atoms with Crippen LogP contribution in [0.15, 0.2) is 0 Å². The van der Waals surface area contributed by atoms with E-state index in [-0.39, 0.29) is 17.3 Å². The van der Waals surface area contributed by atoms with Crippen molar-refractivity contribution in [1.82, 2.24) is 0 Å². The van der Waals surface area contributed by atoms with E-state index in [9.17, 15) is 14.4 Å². The third-order valence-corrected chi connectivity index (χ3v) is 2.87. The fraction of sp³-hybridized carbons (Fsp3) is 0.700. The average Bonchev–Trinajstić information content (AvgIpc) is 2.09. The first kappa shape index (κ1) is 10.1. The fourth-order valence-electron chi connectivity index (χ4n) is 1.84. The highest BCUT2D eigenvalue weighted by Gasteiger charge is 2.50. The summed E-state index contributed by atoms with van der Waals surface area (Å²) in [6, 6.07) is 0. The van der Waals surface area contributed by atoms with Gasteiger partial charge in [0.2, 0.25) is 0 Å². The molecular formula is C10H14O3. The molecule has 0 spiro atoms. The lowest BCUT2D eigenvalue weighted by Crippen LogP contribution is -2.51. The molecule has 0 amide bonds. The molecule has 72 valence electrons. The van der Waals surface area contributed by atoms with E-state index in [0.29, 0.717) is 0 Å². The van der Waals surface area contributed by atoms with Gasteiger partial charge in [-0.2, -0.15) is 0 Å². The highest BCUT2D eigenvalue weighted by molar-refractivity contribution is 6.25. The first-order valence-electron chi connectivity index (χ1n) is 4.42. The van der Waals surface area contributed by atoms with Crippen molar-refractivity contribution in [3.05, 3.63) is 0 Å². The van der Waals surface area contributed by atoms with Crippen LogP contribution in [-0.2, 0) is 14.4 Å². The first-order chi connectivity index (χ1) is 5.80. The van der Waals surface area contributed by atoms with Crippen molar-refractivity contribution in [3.63, 3.8) is 0 Å². The molecule has 1 aliphatic rings. The molecule has 0 saturated heterocycles. The lowest BCUT2D eigenvalue weighted by atomic mass is 9.66. The summed E-state index contributed by atoms with van der Waals surface area (Å²) < 4.78 is 0. The van der Waals surface area contributed by atoms with Crippen molar-refractivity contribution in [3.8, 4) is 0 Å². The van der Waals surface area contributed by atoms with Gasteiger partial charge < -0.3 is 0 Å². The standard InChI is InChI=1S/C10H14O3/c1-5-7(11)6(2)9(13)10(3,4)8(5)12/h5-6H,1-4H3. The molecule has 2 unspecified atom stereocenters. The van der Waals surface area contributed by atoms with Gasteiger partial charge in [0.15, 0.2) is 17.3 Å². The van der Waals surface area contributed by atoms with E-state index >= 15 is 0 Å². The summed E-state index contributed by atoms with van der Waals surface area (Å²) in [5.74, 6) is -1.99. The minimum atomic E-state index is -0.979. The van der Waals surface area contributed by atoms with Crippen LogP contribution >= 0.6 is 0 Å². The Labute approximate surface area is 77.5 Å². The highest BCUT2D eigenvalue weighted by atomic mass is 16.2. The summed E-state index contributed by atoms with van der Waals surface area (Å²) in [6.07, 6.45) is 0. The third kappa shape index (κ3) is 1.23. The van der Waals surface area contributed by atoms with Crippen molar-refractivity contribution in [2.24, 2.45) is 17.3 Å². The van der Waals surface area contributed by atoms with Crippen LogP contribution in [0.2, 0.25) is 0 Å². The lowest BCUT2D eigenvalue weighted by molar-refractivity contribution is -0.153. The van der Waals surface area contributed by atoms with Gasteiger partial charge >= 0.3 is 0 Å². The van der Waals surface area contributed by atoms with E-state index in [2.05, 4.69) is 0 Å². The molecule has 0 N–H and O–H groups in total. The molecule has 1 rings (SSSR count). The largest absolute Gasteiger partial charge is 0.298 e. The van der Waals surface area contributed by atoms with E-state index < -0.39 is 17.3 Å². The molecule has 1 fully saturated rings. The van der Waals surface area contributed by atoms with Gasteiger partial charge in [-0.1, -0.05) is 0 Å². The van der Waals surface area contributed by atoms with E-state index in [0.717, 1.165) is 0 Å². The van der Waals surface area contributed by atoms with Crippen LogP contribution in [0.4, 0.5) is 0 Å². The Hall–Kier alpha value is -0.990. The molecule has 3 heteroatoms. The summed E-state index contributed by atoms with van der Waals surface area (Å²) in [5.41, 5.74) is -0.979. The van der Waals surface area contributed by atoms with Gasteiger partial charge in [-0.05, 0) is 27.7 Å². The molecule has 0 aromatic heterocycles. The predicted octanol–water partition coefficient (Wildman–Crippen LogP) is 1.01. The zero-order valence-electron chi connectivity index (χ0n) is 8.38. The van der Waals surface area contributed by atoms with Crippen LogP contribution in [0.3, 0.4) is 0 Å². The van der Waals surface area contributed by atoms with Crippen molar-refractivity contribution >= 4 is 17.3 Å². The van der Waals surface area contributed by atoms with E-state index in [1.165, 1.54) is 0 Å². The summed E-state index contributed by atoms with van der Waals surface area (Å²) in [5, 5.41) is 0. The maximum atomic E-state index is 11.6. The maximum absolute atomic E-state index is 11.6. The molecule has 1 aliphatic carbocycles. The lowest BCUT2D eigenvalue weighted by Gasteiger charge is -2.33. The van der Waals surface area contributed by atoms with Crippen LogP contribution < -0.4 is 0 Å². The SMILES string of the molecule is CC1C(=O)C(C)C(=O)C(C)(C)C1=O. The molecule has 0 heterocycles. The molecular weight excluding hydrogens is 168 g/mol. The van der Waals surface area contributed by atoms with E-state index in [1.807, 2.05) is 0 Å². The second kappa shape index (κ2) is 2.76. The number of ketones is 3. The number of hydrogen-bond donors (Lipinski definition) is 0. The quantitative estimate of drug-likeness (QED) is 0.525. The molecule has 0 aliphatic heterocycles. The second-order valence-electron chi connectivity index (χ2n) is 4.20. The van der Waals surface area contributed by atoms with Crippen molar-refractivity contribution in [1.29, 1.82) is 0 Å². The molecule has 3 nitrogen and oxygen atoms in total. The Balaban J connectivity index is 3.15. The number of carbonyl (C=O) groups is 3. The van der Waals surface area contributed by atoms with Crippen molar-refractivity contribution < 1.29 is 14.4 Å². The topological polar surface area (TPSA) is 51.2 Å². The maximum Gasteiger partial charge on any atom is 0.156 e. The normalized spacial score (nSPS) is 33.7. The van der Waals surface area contributed by atoms with Crippen molar-refractivity contribution in [2.75, 3.05) is 0 Å². The summed E-state index contributed by atoms with van der Waals surface area (Å²) >= 11 is 0.